The van der Waals surface area contributed by atoms with Crippen LogP contribution in [-0.4, -0.2) is 5.91 Å². The molecule has 0 saturated carbocycles. The van der Waals surface area contributed by atoms with E-state index in [0.717, 1.165) is 20.4 Å². The summed E-state index contributed by atoms with van der Waals surface area (Å²) in [5.41, 5.74) is 2.92. The normalized spacial score (nSPS) is 10.6. The molecule has 0 aliphatic carbocycles. The Kier molecular flexibility index (Phi) is 4.74. The number of carbonyl (C=O) groups is 1. The molecule has 0 atom stereocenters. The molecule has 0 radical (unpaired) electrons. The Bertz CT molecular complexity index is 605. The molecule has 0 bridgehead atoms. The second kappa shape index (κ2) is 6.52. The molecule has 3 heteroatoms. The predicted molar refractivity (Wildman–Crippen MR) is 88.0 cm³/mol. The minimum Gasteiger partial charge on any atom is -0.322 e. The lowest BCUT2D eigenvalue weighted by molar-refractivity contribution is -0.111. The highest BCUT2D eigenvalue weighted by atomic mass is 127. The van der Waals surface area contributed by atoms with E-state index in [-0.39, 0.29) is 5.91 Å². The van der Waals surface area contributed by atoms with Crippen molar-refractivity contribution in [2.75, 3.05) is 5.32 Å². The Morgan fingerprint density at radius 1 is 1.16 bits per heavy atom. The zero-order valence-corrected chi connectivity index (χ0v) is 12.7. The van der Waals surface area contributed by atoms with Crippen LogP contribution in [0.1, 0.15) is 11.1 Å². The second-order valence-electron chi connectivity index (χ2n) is 4.19. The van der Waals surface area contributed by atoms with Crippen molar-refractivity contribution < 1.29 is 4.79 Å². The maximum atomic E-state index is 11.8. The van der Waals surface area contributed by atoms with Gasteiger partial charge in [0.05, 0.1) is 0 Å². The van der Waals surface area contributed by atoms with Crippen LogP contribution in [0.3, 0.4) is 0 Å². The van der Waals surface area contributed by atoms with Crippen LogP contribution in [0.25, 0.3) is 6.08 Å². The summed E-state index contributed by atoms with van der Waals surface area (Å²) in [6.45, 7) is 1.98. The van der Waals surface area contributed by atoms with Gasteiger partial charge in [0.25, 0.3) is 0 Å². The number of nitrogens with one attached hydrogen (secondary N) is 1. The number of hydrogen-bond donors (Lipinski definition) is 1. The molecule has 96 valence electrons. The molecule has 0 aliphatic rings. The summed E-state index contributed by atoms with van der Waals surface area (Å²) in [7, 11) is 0. The summed E-state index contributed by atoms with van der Waals surface area (Å²) in [6.07, 6.45) is 3.35. The van der Waals surface area contributed by atoms with Crippen molar-refractivity contribution >= 4 is 40.3 Å². The Morgan fingerprint density at radius 3 is 2.58 bits per heavy atom. The number of aryl methyl sites for hydroxylation is 1. The highest BCUT2D eigenvalue weighted by molar-refractivity contribution is 14.1. The molecule has 0 fully saturated rings. The first-order valence-corrected chi connectivity index (χ1v) is 7.03. The van der Waals surface area contributed by atoms with Gasteiger partial charge in [0.15, 0.2) is 0 Å². The van der Waals surface area contributed by atoms with Crippen molar-refractivity contribution in [3.63, 3.8) is 0 Å². The predicted octanol–water partition coefficient (Wildman–Crippen LogP) is 4.25. The zero-order valence-electron chi connectivity index (χ0n) is 10.6. The standard InChI is InChI=1S/C16H14INO/c1-12-11-14(17)8-9-15(12)18-16(19)10-7-13-5-3-2-4-6-13/h2-11H,1H3,(H,18,19)/b10-7+. The van der Waals surface area contributed by atoms with E-state index in [9.17, 15) is 4.79 Å². The van der Waals surface area contributed by atoms with Crippen LogP contribution >= 0.6 is 22.6 Å². The second-order valence-corrected chi connectivity index (χ2v) is 5.44. The first-order valence-electron chi connectivity index (χ1n) is 5.95. The first-order chi connectivity index (χ1) is 9.15. The number of rotatable bonds is 3. The molecule has 1 amide bonds. The quantitative estimate of drug-likeness (QED) is 0.641. The number of benzene rings is 2. The van der Waals surface area contributed by atoms with Gasteiger partial charge in [-0.3, -0.25) is 4.79 Å². The minimum absolute atomic E-state index is 0.117. The summed E-state index contributed by atoms with van der Waals surface area (Å²) < 4.78 is 1.16. The molecule has 1 N–H and O–H groups in total. The third-order valence-electron chi connectivity index (χ3n) is 2.67. The molecule has 2 nitrogen and oxygen atoms in total. The molecule has 2 aromatic rings. The topological polar surface area (TPSA) is 29.1 Å². The SMILES string of the molecule is Cc1cc(I)ccc1NC(=O)/C=C/c1ccccc1. The van der Waals surface area contributed by atoms with Crippen molar-refractivity contribution in [1.82, 2.24) is 0 Å². The van der Waals surface area contributed by atoms with Gasteiger partial charge in [0.2, 0.25) is 5.91 Å². The van der Waals surface area contributed by atoms with Crippen molar-refractivity contribution in [3.05, 3.63) is 69.3 Å². The van der Waals surface area contributed by atoms with E-state index < -0.39 is 0 Å². The zero-order chi connectivity index (χ0) is 13.7. The summed E-state index contributed by atoms with van der Waals surface area (Å²) in [4.78, 5) is 11.8. The molecule has 0 aromatic heterocycles. The van der Waals surface area contributed by atoms with Crippen LogP contribution in [0.15, 0.2) is 54.6 Å². The van der Waals surface area contributed by atoms with Gasteiger partial charge in [-0.25, -0.2) is 0 Å². The molecule has 0 aliphatic heterocycles. The number of carbonyl (C=O) groups excluding carboxylic acids is 1. The lowest BCUT2D eigenvalue weighted by Crippen LogP contribution is -2.08. The van der Waals surface area contributed by atoms with Crippen LogP contribution in [0.4, 0.5) is 5.69 Å². The lowest BCUT2D eigenvalue weighted by atomic mass is 10.2. The number of halogens is 1. The molecule has 0 spiro atoms. The fourth-order valence-corrected chi connectivity index (χ4v) is 2.32. The number of anilines is 1. The van der Waals surface area contributed by atoms with E-state index in [1.807, 2.05) is 55.5 Å². The summed E-state index contributed by atoms with van der Waals surface area (Å²) in [6, 6.07) is 15.7. The average molecular weight is 363 g/mol. The fourth-order valence-electron chi connectivity index (χ4n) is 1.68. The average Bonchev–Trinajstić information content (AvgIpc) is 2.41. The van der Waals surface area contributed by atoms with Gasteiger partial charge >= 0.3 is 0 Å². The molecule has 2 rings (SSSR count). The van der Waals surface area contributed by atoms with E-state index in [2.05, 4.69) is 27.9 Å². The third kappa shape index (κ3) is 4.21. The molecule has 0 saturated heterocycles. The Hall–Kier alpha value is -1.62. The summed E-state index contributed by atoms with van der Waals surface area (Å²) in [5.74, 6) is -0.117. The van der Waals surface area contributed by atoms with E-state index in [4.69, 9.17) is 0 Å². The molecule has 0 heterocycles. The van der Waals surface area contributed by atoms with Gasteiger partial charge in [-0.05, 0) is 64.9 Å². The molecule has 0 unspecified atom stereocenters. The van der Waals surface area contributed by atoms with Gasteiger partial charge in [-0.1, -0.05) is 30.3 Å². The molecule has 2 aromatic carbocycles. The molecular weight excluding hydrogens is 349 g/mol. The monoisotopic (exact) mass is 363 g/mol. The van der Waals surface area contributed by atoms with Crippen LogP contribution in [0.2, 0.25) is 0 Å². The van der Waals surface area contributed by atoms with Crippen molar-refractivity contribution in [3.8, 4) is 0 Å². The highest BCUT2D eigenvalue weighted by Gasteiger charge is 2.01. The maximum Gasteiger partial charge on any atom is 0.248 e. The van der Waals surface area contributed by atoms with Gasteiger partial charge in [0, 0.05) is 15.3 Å². The third-order valence-corrected chi connectivity index (χ3v) is 3.34. The van der Waals surface area contributed by atoms with Gasteiger partial charge in [-0.2, -0.15) is 0 Å². The largest absolute Gasteiger partial charge is 0.322 e. The maximum absolute atomic E-state index is 11.8. The first kappa shape index (κ1) is 13.8. The van der Waals surface area contributed by atoms with Crippen LogP contribution in [0, 0.1) is 10.5 Å². The van der Waals surface area contributed by atoms with E-state index >= 15 is 0 Å². The Morgan fingerprint density at radius 2 is 1.89 bits per heavy atom. The lowest BCUT2D eigenvalue weighted by Gasteiger charge is -2.06. The smallest absolute Gasteiger partial charge is 0.248 e. The highest BCUT2D eigenvalue weighted by Crippen LogP contribution is 2.17. The summed E-state index contributed by atoms with van der Waals surface area (Å²) in [5, 5.41) is 2.88. The van der Waals surface area contributed by atoms with Crippen LogP contribution < -0.4 is 5.32 Å². The molecular formula is C16H14INO. The van der Waals surface area contributed by atoms with Gasteiger partial charge in [0.1, 0.15) is 0 Å². The Labute approximate surface area is 126 Å². The van der Waals surface area contributed by atoms with Crippen LogP contribution in [-0.2, 0) is 4.79 Å². The Balaban J connectivity index is 2.04. The van der Waals surface area contributed by atoms with Crippen molar-refractivity contribution in [2.45, 2.75) is 6.92 Å². The number of hydrogen-bond acceptors (Lipinski definition) is 1. The number of amides is 1. The summed E-state index contributed by atoms with van der Waals surface area (Å²) >= 11 is 2.25. The van der Waals surface area contributed by atoms with Crippen LogP contribution in [0.5, 0.6) is 0 Å². The fraction of sp³-hybridized carbons (Fsp3) is 0.0625. The van der Waals surface area contributed by atoms with Crippen molar-refractivity contribution in [2.24, 2.45) is 0 Å². The van der Waals surface area contributed by atoms with Gasteiger partial charge in [-0.15, -0.1) is 0 Å². The van der Waals surface area contributed by atoms with E-state index in [0.29, 0.717) is 0 Å². The van der Waals surface area contributed by atoms with E-state index in [1.165, 1.54) is 0 Å². The van der Waals surface area contributed by atoms with Gasteiger partial charge < -0.3 is 5.32 Å². The van der Waals surface area contributed by atoms with E-state index in [1.54, 1.807) is 12.2 Å². The molecule has 19 heavy (non-hydrogen) atoms. The minimum atomic E-state index is -0.117. The van der Waals surface area contributed by atoms with Crippen molar-refractivity contribution in [1.29, 1.82) is 0 Å².